The Kier molecular flexibility index (Phi) is 3.29. The molecule has 2 N–H and O–H groups in total. The average Bonchev–Trinajstić information content (AvgIpc) is 2.42. The van der Waals surface area contributed by atoms with Crippen molar-refractivity contribution < 1.29 is 4.74 Å². The molecule has 1 aliphatic rings. The van der Waals surface area contributed by atoms with Gasteiger partial charge in [-0.15, -0.1) is 0 Å². The Bertz CT molecular complexity index is 585. The molecule has 19 heavy (non-hydrogen) atoms. The predicted molar refractivity (Wildman–Crippen MR) is 78.1 cm³/mol. The molecular formula is C15H15BrN2O. The molecule has 1 aromatic carbocycles. The number of nitrogens with zero attached hydrogens (tertiary/aromatic N) is 1. The molecule has 0 saturated carbocycles. The number of nitrogens with two attached hydrogens (primary N) is 1. The fourth-order valence-corrected chi connectivity index (χ4v) is 2.73. The second kappa shape index (κ2) is 4.94. The Balaban J connectivity index is 1.93. The fourth-order valence-electron chi connectivity index (χ4n) is 2.50. The molecule has 1 aliphatic heterocycles. The van der Waals surface area contributed by atoms with Crippen LogP contribution in [0.4, 0.5) is 0 Å². The summed E-state index contributed by atoms with van der Waals surface area (Å²) in [5.74, 6) is 0.897. The zero-order valence-electron chi connectivity index (χ0n) is 10.5. The summed E-state index contributed by atoms with van der Waals surface area (Å²) < 4.78 is 6.65. The van der Waals surface area contributed by atoms with Gasteiger partial charge in [0.2, 0.25) is 0 Å². The summed E-state index contributed by atoms with van der Waals surface area (Å²) in [5.41, 5.74) is 8.29. The first-order valence-electron chi connectivity index (χ1n) is 6.29. The summed E-state index contributed by atoms with van der Waals surface area (Å²) in [7, 11) is 0. The van der Waals surface area contributed by atoms with Crippen molar-refractivity contribution in [2.75, 3.05) is 6.61 Å². The molecule has 0 radical (unpaired) electrons. The number of fused-ring (bicyclic) bond motifs is 1. The summed E-state index contributed by atoms with van der Waals surface area (Å²) in [4.78, 5) is 4.42. The Labute approximate surface area is 120 Å². The molecule has 1 unspecified atom stereocenters. The van der Waals surface area contributed by atoms with Crippen molar-refractivity contribution in [2.45, 2.75) is 18.4 Å². The summed E-state index contributed by atoms with van der Waals surface area (Å²) >= 11 is 3.40. The molecule has 3 nitrogen and oxygen atoms in total. The lowest BCUT2D eigenvalue weighted by atomic mass is 9.81. The summed E-state index contributed by atoms with van der Waals surface area (Å²) in [6, 6.07) is 12.0. The van der Waals surface area contributed by atoms with E-state index in [9.17, 15) is 0 Å². The third-order valence-electron chi connectivity index (χ3n) is 3.51. The van der Waals surface area contributed by atoms with Crippen LogP contribution in [0, 0.1) is 0 Å². The lowest BCUT2D eigenvalue weighted by molar-refractivity contribution is 0.214. The molecule has 2 aromatic rings. The van der Waals surface area contributed by atoms with Crippen molar-refractivity contribution in [3.8, 4) is 5.75 Å². The second-order valence-corrected chi connectivity index (χ2v) is 5.81. The number of pyridine rings is 1. The van der Waals surface area contributed by atoms with Crippen LogP contribution in [-0.4, -0.2) is 11.6 Å². The molecule has 0 aliphatic carbocycles. The second-order valence-electron chi connectivity index (χ2n) is 4.90. The monoisotopic (exact) mass is 318 g/mol. The number of para-hydroxylation sites is 1. The number of ether oxygens (including phenoxy) is 1. The number of aromatic nitrogens is 1. The molecule has 2 heterocycles. The number of hydrogen-bond acceptors (Lipinski definition) is 3. The summed E-state index contributed by atoms with van der Waals surface area (Å²) in [6.07, 6.45) is 3.34. The third-order valence-corrected chi connectivity index (χ3v) is 3.98. The summed E-state index contributed by atoms with van der Waals surface area (Å²) in [6.45, 7) is 0.657. The molecule has 98 valence electrons. The largest absolute Gasteiger partial charge is 0.493 e. The van der Waals surface area contributed by atoms with E-state index in [1.165, 1.54) is 0 Å². The summed E-state index contributed by atoms with van der Waals surface area (Å²) in [5, 5.41) is 0. The van der Waals surface area contributed by atoms with Gasteiger partial charge < -0.3 is 10.5 Å². The van der Waals surface area contributed by atoms with Crippen LogP contribution in [0.2, 0.25) is 0 Å². The number of hydrogen-bond donors (Lipinski definition) is 1. The highest BCUT2D eigenvalue weighted by Crippen LogP contribution is 2.36. The highest BCUT2D eigenvalue weighted by Gasteiger charge is 2.34. The van der Waals surface area contributed by atoms with E-state index >= 15 is 0 Å². The first-order chi connectivity index (χ1) is 9.17. The van der Waals surface area contributed by atoms with Crippen LogP contribution < -0.4 is 10.5 Å². The standard InChI is InChI=1S/C15H15BrN2O/c16-11-5-6-12(18-10-11)9-15(17)7-8-19-14-4-2-1-3-13(14)15/h1-6,10H,7-9,17H2. The van der Waals surface area contributed by atoms with Gasteiger partial charge in [0.15, 0.2) is 0 Å². The van der Waals surface area contributed by atoms with E-state index in [2.05, 4.69) is 20.9 Å². The molecule has 1 aromatic heterocycles. The first-order valence-corrected chi connectivity index (χ1v) is 7.08. The lowest BCUT2D eigenvalue weighted by Gasteiger charge is -2.35. The van der Waals surface area contributed by atoms with Gasteiger partial charge in [-0.25, -0.2) is 0 Å². The van der Waals surface area contributed by atoms with Gasteiger partial charge in [-0.3, -0.25) is 4.98 Å². The molecule has 3 rings (SSSR count). The minimum atomic E-state index is -0.393. The zero-order valence-corrected chi connectivity index (χ0v) is 12.1. The van der Waals surface area contributed by atoms with Gasteiger partial charge in [0.1, 0.15) is 5.75 Å². The van der Waals surface area contributed by atoms with Crippen molar-refractivity contribution in [1.82, 2.24) is 4.98 Å². The van der Waals surface area contributed by atoms with E-state index in [4.69, 9.17) is 10.5 Å². The van der Waals surface area contributed by atoms with Gasteiger partial charge in [-0.1, -0.05) is 18.2 Å². The average molecular weight is 319 g/mol. The van der Waals surface area contributed by atoms with Crippen LogP contribution in [-0.2, 0) is 12.0 Å². The van der Waals surface area contributed by atoms with E-state index in [1.54, 1.807) is 0 Å². The highest BCUT2D eigenvalue weighted by atomic mass is 79.9. The molecule has 0 saturated heterocycles. The van der Waals surface area contributed by atoms with E-state index in [0.29, 0.717) is 6.61 Å². The Morgan fingerprint density at radius 3 is 2.89 bits per heavy atom. The molecule has 0 amide bonds. The number of halogens is 1. The third kappa shape index (κ3) is 2.51. The molecule has 4 heteroatoms. The van der Waals surface area contributed by atoms with E-state index < -0.39 is 5.54 Å². The van der Waals surface area contributed by atoms with Crippen molar-refractivity contribution in [3.05, 3.63) is 58.3 Å². The van der Waals surface area contributed by atoms with Gasteiger partial charge >= 0.3 is 0 Å². The van der Waals surface area contributed by atoms with Crippen molar-refractivity contribution in [1.29, 1.82) is 0 Å². The van der Waals surface area contributed by atoms with Crippen LogP contribution in [0.5, 0.6) is 5.75 Å². The van der Waals surface area contributed by atoms with Crippen molar-refractivity contribution >= 4 is 15.9 Å². The van der Waals surface area contributed by atoms with Gasteiger partial charge in [0.25, 0.3) is 0 Å². The first kappa shape index (κ1) is 12.6. The molecule has 0 bridgehead atoms. The normalized spacial score (nSPS) is 21.6. The molecule has 1 atom stereocenters. The number of benzene rings is 1. The Hall–Kier alpha value is -1.39. The number of rotatable bonds is 2. The van der Waals surface area contributed by atoms with Crippen LogP contribution in [0.1, 0.15) is 17.7 Å². The fraction of sp³-hybridized carbons (Fsp3) is 0.267. The maximum Gasteiger partial charge on any atom is 0.124 e. The minimum absolute atomic E-state index is 0.393. The molecular weight excluding hydrogens is 304 g/mol. The van der Waals surface area contributed by atoms with E-state index in [0.717, 1.165) is 34.3 Å². The van der Waals surface area contributed by atoms with Crippen LogP contribution in [0.3, 0.4) is 0 Å². The molecule has 0 spiro atoms. The highest BCUT2D eigenvalue weighted by molar-refractivity contribution is 9.10. The maximum absolute atomic E-state index is 6.61. The van der Waals surface area contributed by atoms with E-state index in [1.807, 2.05) is 42.6 Å². The predicted octanol–water partition coefficient (Wildman–Crippen LogP) is 3.02. The van der Waals surface area contributed by atoms with Gasteiger partial charge in [-0.2, -0.15) is 0 Å². The van der Waals surface area contributed by atoms with Crippen LogP contribution in [0.25, 0.3) is 0 Å². The topological polar surface area (TPSA) is 48.1 Å². The van der Waals surface area contributed by atoms with Crippen molar-refractivity contribution in [3.63, 3.8) is 0 Å². The zero-order chi connectivity index (χ0) is 13.3. The molecule has 0 fully saturated rings. The van der Waals surface area contributed by atoms with Gasteiger partial charge in [0, 0.05) is 34.8 Å². The Morgan fingerprint density at radius 1 is 1.26 bits per heavy atom. The quantitative estimate of drug-likeness (QED) is 0.925. The smallest absolute Gasteiger partial charge is 0.124 e. The SMILES string of the molecule is NC1(Cc2ccc(Br)cn2)CCOc2ccccc21. The van der Waals surface area contributed by atoms with Gasteiger partial charge in [-0.05, 0) is 34.1 Å². The van der Waals surface area contributed by atoms with E-state index in [-0.39, 0.29) is 0 Å². The lowest BCUT2D eigenvalue weighted by Crippen LogP contribution is -2.43. The van der Waals surface area contributed by atoms with Crippen LogP contribution in [0.15, 0.2) is 47.1 Å². The van der Waals surface area contributed by atoms with Gasteiger partial charge in [0.05, 0.1) is 12.1 Å². The Morgan fingerprint density at radius 2 is 2.11 bits per heavy atom. The minimum Gasteiger partial charge on any atom is -0.493 e. The maximum atomic E-state index is 6.61. The van der Waals surface area contributed by atoms with Crippen LogP contribution >= 0.6 is 15.9 Å². The van der Waals surface area contributed by atoms with Crippen molar-refractivity contribution in [2.24, 2.45) is 5.73 Å².